The number of carbonyl (C=O) groups is 1. The third-order valence-corrected chi connectivity index (χ3v) is 8.40. The average molecular weight is 456 g/mol. The molecule has 0 unspecified atom stereocenters. The monoisotopic (exact) mass is 455 g/mol. The first kappa shape index (κ1) is 20.8. The van der Waals surface area contributed by atoms with Crippen LogP contribution in [0.1, 0.15) is 5.56 Å². The minimum atomic E-state index is -4.25. The van der Waals surface area contributed by atoms with Crippen LogP contribution in [-0.2, 0) is 24.7 Å². The first-order valence-corrected chi connectivity index (χ1v) is 12.0. The number of anilines is 1. The van der Waals surface area contributed by atoms with E-state index >= 15 is 0 Å². The Balaban J connectivity index is 2.02. The maximum atomic E-state index is 13.6. The van der Waals surface area contributed by atoms with Crippen molar-refractivity contribution in [1.29, 1.82) is 0 Å². The fraction of sp³-hybridized carbons (Fsp3) is 0.0476. The highest BCUT2D eigenvalue weighted by Gasteiger charge is 2.42. The molecule has 1 aromatic heterocycles. The zero-order valence-electron chi connectivity index (χ0n) is 16.3. The van der Waals surface area contributed by atoms with Crippen molar-refractivity contribution in [3.63, 3.8) is 0 Å². The molecule has 10 heteroatoms. The molecule has 0 spiro atoms. The van der Waals surface area contributed by atoms with E-state index in [4.69, 9.17) is 0 Å². The molecule has 0 bridgehead atoms. The van der Waals surface area contributed by atoms with Crippen molar-refractivity contribution in [2.75, 3.05) is 12.4 Å². The number of nitrogens with zero attached hydrogens (tertiary/aromatic N) is 2. The number of aromatic nitrogens is 1. The van der Waals surface area contributed by atoms with Crippen LogP contribution in [0.3, 0.4) is 0 Å². The summed E-state index contributed by atoms with van der Waals surface area (Å²) in [4.78, 5) is 16.5. The van der Waals surface area contributed by atoms with Crippen molar-refractivity contribution in [3.05, 3.63) is 90.3 Å². The van der Waals surface area contributed by atoms with Crippen LogP contribution >= 0.6 is 0 Å². The summed E-state index contributed by atoms with van der Waals surface area (Å²) in [6.07, 6.45) is 1.45. The normalized spacial score (nSPS) is 15.3. The quantitative estimate of drug-likeness (QED) is 0.647. The molecular formula is C21H17N3O5S2. The largest absolute Gasteiger partial charge is 0.305 e. The van der Waals surface area contributed by atoms with Gasteiger partial charge in [-0.25, -0.2) is 21.8 Å². The lowest BCUT2D eigenvalue weighted by molar-refractivity contribution is -0.113. The van der Waals surface area contributed by atoms with Gasteiger partial charge in [0.1, 0.15) is 16.4 Å². The van der Waals surface area contributed by atoms with Crippen molar-refractivity contribution in [1.82, 2.24) is 9.29 Å². The molecule has 4 rings (SSSR count). The van der Waals surface area contributed by atoms with Crippen LogP contribution in [-0.4, -0.2) is 39.1 Å². The topological polar surface area (TPSA) is 114 Å². The Morgan fingerprint density at radius 1 is 0.935 bits per heavy atom. The van der Waals surface area contributed by atoms with Gasteiger partial charge in [-0.05, 0) is 30.3 Å². The lowest BCUT2D eigenvalue weighted by Gasteiger charge is -2.30. The minimum Gasteiger partial charge on any atom is -0.305 e. The van der Waals surface area contributed by atoms with Gasteiger partial charge < -0.3 is 5.32 Å². The van der Waals surface area contributed by atoms with E-state index in [1.54, 1.807) is 30.3 Å². The van der Waals surface area contributed by atoms with Gasteiger partial charge in [0.15, 0.2) is 0 Å². The maximum absolute atomic E-state index is 13.6. The van der Waals surface area contributed by atoms with Crippen molar-refractivity contribution in [2.45, 2.75) is 9.79 Å². The van der Waals surface area contributed by atoms with E-state index in [9.17, 15) is 21.6 Å². The lowest BCUT2D eigenvalue weighted by Crippen LogP contribution is -2.38. The van der Waals surface area contributed by atoms with E-state index < -0.39 is 31.5 Å². The summed E-state index contributed by atoms with van der Waals surface area (Å²) in [5.74, 6) is -0.755. The summed E-state index contributed by atoms with van der Waals surface area (Å²) >= 11 is 0. The molecule has 3 aromatic rings. The Bertz CT molecular complexity index is 1400. The Hall–Kier alpha value is -3.50. The number of fused-ring (bicyclic) bond motifs is 1. The van der Waals surface area contributed by atoms with Crippen LogP contribution in [0.2, 0.25) is 0 Å². The van der Waals surface area contributed by atoms with Crippen molar-refractivity contribution in [2.24, 2.45) is 0 Å². The summed E-state index contributed by atoms with van der Waals surface area (Å²) in [6, 6.07) is 18.0. The van der Waals surface area contributed by atoms with Crippen LogP contribution in [0.5, 0.6) is 0 Å². The number of rotatable bonds is 4. The molecule has 158 valence electrons. The van der Waals surface area contributed by atoms with E-state index in [0.717, 1.165) is 7.05 Å². The zero-order valence-corrected chi connectivity index (χ0v) is 17.9. The molecule has 1 amide bonds. The number of hydrogen-bond donors (Lipinski definition) is 1. The van der Waals surface area contributed by atoms with Gasteiger partial charge in [-0.3, -0.25) is 9.10 Å². The van der Waals surface area contributed by atoms with Gasteiger partial charge in [0.25, 0.3) is 15.9 Å². The molecule has 1 aliphatic rings. The molecule has 0 saturated heterocycles. The third-order valence-electron chi connectivity index (χ3n) is 4.74. The van der Waals surface area contributed by atoms with Crippen molar-refractivity contribution in [3.8, 4) is 0 Å². The molecule has 0 fully saturated rings. The number of sulfonamides is 1. The fourth-order valence-electron chi connectivity index (χ4n) is 3.27. The number of nitrogens with one attached hydrogen (secondary N) is 1. The second-order valence-electron chi connectivity index (χ2n) is 6.63. The van der Waals surface area contributed by atoms with Crippen LogP contribution in [0.25, 0.3) is 4.91 Å². The number of benzene rings is 2. The summed E-state index contributed by atoms with van der Waals surface area (Å²) in [7, 11) is -7.25. The maximum Gasteiger partial charge on any atom is 0.275 e. The molecular weight excluding hydrogens is 438 g/mol. The summed E-state index contributed by atoms with van der Waals surface area (Å²) in [5.41, 5.74) is -0.566. The predicted octanol–water partition coefficient (Wildman–Crippen LogP) is 2.50. The molecule has 8 nitrogen and oxygen atoms in total. The first-order valence-electron chi connectivity index (χ1n) is 9.10. The van der Waals surface area contributed by atoms with Gasteiger partial charge in [-0.15, -0.1) is 0 Å². The highest BCUT2D eigenvalue weighted by Crippen LogP contribution is 2.41. The molecule has 0 saturated carbocycles. The SMILES string of the molecule is CN1C(C(=O)Nc2ccccn2)=C(S(=O)(=O)c2ccccc2)c2ccccc2S1(=O)=O. The number of hydrogen-bond acceptors (Lipinski definition) is 6. The summed E-state index contributed by atoms with van der Waals surface area (Å²) in [5, 5.41) is 2.49. The van der Waals surface area contributed by atoms with E-state index in [2.05, 4.69) is 10.3 Å². The smallest absolute Gasteiger partial charge is 0.275 e. The van der Waals surface area contributed by atoms with Gasteiger partial charge in [0.05, 0.1) is 9.79 Å². The minimum absolute atomic E-state index is 0.0596. The number of likely N-dealkylation sites (N-methyl/N-ethyl adjacent to an activating group) is 1. The summed E-state index contributed by atoms with van der Waals surface area (Å²) in [6.45, 7) is 0. The third kappa shape index (κ3) is 3.49. The molecule has 2 aromatic carbocycles. The number of pyridine rings is 1. The molecule has 31 heavy (non-hydrogen) atoms. The van der Waals surface area contributed by atoms with E-state index in [0.29, 0.717) is 4.31 Å². The molecule has 2 heterocycles. The second-order valence-corrected chi connectivity index (χ2v) is 10.5. The first-order chi connectivity index (χ1) is 14.7. The van der Waals surface area contributed by atoms with Gasteiger partial charge in [0, 0.05) is 18.8 Å². The Labute approximate surface area is 179 Å². The predicted molar refractivity (Wildman–Crippen MR) is 115 cm³/mol. The van der Waals surface area contributed by atoms with E-state index in [1.165, 1.54) is 48.7 Å². The van der Waals surface area contributed by atoms with Gasteiger partial charge in [-0.2, -0.15) is 0 Å². The van der Waals surface area contributed by atoms with Crippen molar-refractivity contribution < 1.29 is 21.6 Å². The lowest BCUT2D eigenvalue weighted by atomic mass is 10.1. The fourth-order valence-corrected chi connectivity index (χ4v) is 6.50. The average Bonchev–Trinajstić information content (AvgIpc) is 2.77. The van der Waals surface area contributed by atoms with E-state index in [-0.39, 0.29) is 26.1 Å². The number of amides is 1. The number of carbonyl (C=O) groups excluding carboxylic acids is 1. The van der Waals surface area contributed by atoms with Gasteiger partial charge >= 0.3 is 0 Å². The Morgan fingerprint density at radius 3 is 2.26 bits per heavy atom. The molecule has 1 aliphatic heterocycles. The molecule has 0 radical (unpaired) electrons. The Morgan fingerprint density at radius 2 is 1.58 bits per heavy atom. The highest BCUT2D eigenvalue weighted by atomic mass is 32.2. The van der Waals surface area contributed by atoms with Crippen LogP contribution in [0.15, 0.2) is 94.5 Å². The van der Waals surface area contributed by atoms with Gasteiger partial charge in [0.2, 0.25) is 9.84 Å². The summed E-state index contributed by atoms with van der Waals surface area (Å²) < 4.78 is 54.1. The number of sulfone groups is 1. The standard InChI is InChI=1S/C21H17N3O5S2/c1-24-19(21(25)23-18-13-7-8-14-22-18)20(30(26,27)15-9-3-2-4-10-15)16-11-5-6-12-17(16)31(24,28)29/h2-14H,1H3,(H,22,23,25). The van der Waals surface area contributed by atoms with Crippen molar-refractivity contribution >= 4 is 36.5 Å². The second kappa shape index (κ2) is 7.64. The Kier molecular flexibility index (Phi) is 5.11. The molecule has 0 atom stereocenters. The van der Waals surface area contributed by atoms with Crippen LogP contribution < -0.4 is 5.32 Å². The van der Waals surface area contributed by atoms with Crippen LogP contribution in [0.4, 0.5) is 5.82 Å². The van der Waals surface area contributed by atoms with Gasteiger partial charge in [-0.1, -0.05) is 42.5 Å². The molecule has 0 aliphatic carbocycles. The zero-order chi connectivity index (χ0) is 22.2. The van der Waals surface area contributed by atoms with E-state index in [1.807, 2.05) is 0 Å². The molecule has 1 N–H and O–H groups in total. The van der Waals surface area contributed by atoms with Crippen LogP contribution in [0, 0.1) is 0 Å². The highest BCUT2D eigenvalue weighted by molar-refractivity contribution is 8.01.